The van der Waals surface area contributed by atoms with Gasteiger partial charge in [0.05, 0.1) is 22.5 Å². The molecule has 25 heavy (non-hydrogen) atoms. The van der Waals surface area contributed by atoms with Gasteiger partial charge in [0.2, 0.25) is 0 Å². The summed E-state index contributed by atoms with van der Waals surface area (Å²) in [5, 5.41) is 9.71. The Kier molecular flexibility index (Phi) is 7.50. The molecule has 3 nitrogen and oxygen atoms in total. The summed E-state index contributed by atoms with van der Waals surface area (Å²) in [5.41, 5.74) is -1.54. The molecule has 0 amide bonds. The number of benzene rings is 1. The molecule has 0 atom stereocenters. The van der Waals surface area contributed by atoms with Crippen molar-refractivity contribution in [2.75, 3.05) is 0 Å². The van der Waals surface area contributed by atoms with Crippen molar-refractivity contribution in [3.05, 3.63) is 52.2 Å². The third kappa shape index (κ3) is 5.45. The second-order valence-corrected chi connectivity index (χ2v) is 6.22. The van der Waals surface area contributed by atoms with Gasteiger partial charge >= 0.3 is 41.7 Å². The van der Waals surface area contributed by atoms with Gasteiger partial charge in [-0.1, -0.05) is 37.6 Å². The number of carbonyl (C=O) groups is 1. The Morgan fingerprint density at radius 1 is 1.24 bits per heavy atom. The van der Waals surface area contributed by atoms with Gasteiger partial charge in [-0.3, -0.25) is 4.98 Å². The van der Waals surface area contributed by atoms with Crippen molar-refractivity contribution < 1.29 is 23.1 Å². The molecule has 0 saturated carbocycles. The van der Waals surface area contributed by atoms with Crippen LogP contribution in [0.25, 0.3) is 11.3 Å². The van der Waals surface area contributed by atoms with E-state index < -0.39 is 23.3 Å². The minimum absolute atomic E-state index is 0. The first-order valence-electron chi connectivity index (χ1n) is 7.20. The van der Waals surface area contributed by atoms with Crippen molar-refractivity contribution >= 4 is 47.1 Å². The number of carboxylic acids is 1. The van der Waals surface area contributed by atoms with E-state index in [1.807, 2.05) is 0 Å². The summed E-state index contributed by atoms with van der Waals surface area (Å²) in [6, 6.07) is 6.95. The summed E-state index contributed by atoms with van der Waals surface area (Å²) < 4.78 is 40.1. The van der Waals surface area contributed by atoms with E-state index in [4.69, 9.17) is 11.6 Å². The van der Waals surface area contributed by atoms with Crippen LogP contribution in [0.15, 0.2) is 30.3 Å². The van der Waals surface area contributed by atoms with Crippen LogP contribution in [-0.4, -0.2) is 45.6 Å². The number of pyridine rings is 1. The molecule has 1 aromatic carbocycles. The molecule has 0 saturated heterocycles. The van der Waals surface area contributed by atoms with E-state index in [1.165, 1.54) is 0 Å². The number of aromatic nitrogens is 1. The quantitative estimate of drug-likeness (QED) is 0.783. The molecule has 0 bridgehead atoms. The number of hydrogen-bond donors (Lipinski definition) is 1. The molecule has 0 fully saturated rings. The molecular formula is C17H16ClF3NNaO2. The summed E-state index contributed by atoms with van der Waals surface area (Å²) in [6.45, 7) is 3.57. The van der Waals surface area contributed by atoms with Gasteiger partial charge in [-0.15, -0.1) is 0 Å². The molecule has 2 rings (SSSR count). The Labute approximate surface area is 170 Å². The predicted molar refractivity (Wildman–Crippen MR) is 92.3 cm³/mol. The van der Waals surface area contributed by atoms with Crippen molar-refractivity contribution in [3.63, 3.8) is 0 Å². The molecule has 0 radical (unpaired) electrons. The maximum absolute atomic E-state index is 13.4. The third-order valence-corrected chi connectivity index (χ3v) is 3.61. The zero-order chi connectivity index (χ0) is 18.1. The van der Waals surface area contributed by atoms with Gasteiger partial charge in [-0.05, 0) is 30.5 Å². The first-order valence-corrected chi connectivity index (χ1v) is 7.57. The maximum atomic E-state index is 13.4. The van der Waals surface area contributed by atoms with Gasteiger partial charge in [-0.25, -0.2) is 4.79 Å². The van der Waals surface area contributed by atoms with Crippen LogP contribution in [0.1, 0.15) is 35.5 Å². The van der Waals surface area contributed by atoms with Crippen molar-refractivity contribution in [2.24, 2.45) is 5.92 Å². The van der Waals surface area contributed by atoms with Gasteiger partial charge in [0.1, 0.15) is 0 Å². The Hall–Kier alpha value is -1.08. The number of carboxylic acid groups (broad SMARTS) is 1. The second-order valence-electron chi connectivity index (χ2n) is 5.78. The topological polar surface area (TPSA) is 50.2 Å². The van der Waals surface area contributed by atoms with E-state index >= 15 is 0 Å². The summed E-state index contributed by atoms with van der Waals surface area (Å²) in [7, 11) is 0. The van der Waals surface area contributed by atoms with E-state index in [-0.39, 0.29) is 53.3 Å². The molecule has 0 aliphatic heterocycles. The fraction of sp³-hybridized carbons (Fsp3) is 0.294. The first-order chi connectivity index (χ1) is 11.1. The number of aromatic carboxylic acids is 1. The zero-order valence-electron chi connectivity index (χ0n) is 13.0. The summed E-state index contributed by atoms with van der Waals surface area (Å²) in [6.07, 6.45) is -4.66. The summed E-state index contributed by atoms with van der Waals surface area (Å²) >= 11 is 5.79. The Balaban J connectivity index is 0.00000312. The number of nitrogens with zero attached hydrogens (tertiary/aromatic N) is 1. The molecular weight excluding hydrogens is 366 g/mol. The third-order valence-electron chi connectivity index (χ3n) is 3.36. The van der Waals surface area contributed by atoms with E-state index in [9.17, 15) is 23.1 Å². The van der Waals surface area contributed by atoms with Gasteiger partial charge < -0.3 is 5.11 Å². The van der Waals surface area contributed by atoms with Crippen molar-refractivity contribution in [3.8, 4) is 11.3 Å². The Morgan fingerprint density at radius 2 is 1.80 bits per heavy atom. The fourth-order valence-electron chi connectivity index (χ4n) is 2.36. The standard InChI is InChI=1S/C17H15ClF3NO2.Na.H/c1-9(2)7-14-15(16(23)24)12(17(19,20)21)8-13(22-14)10-3-5-11(18)6-4-10;;/h3-6,8-9H,7H2,1-2H3,(H,23,24);;. The van der Waals surface area contributed by atoms with E-state index in [0.717, 1.165) is 6.07 Å². The average Bonchev–Trinajstić information content (AvgIpc) is 2.45. The number of hydrogen-bond acceptors (Lipinski definition) is 2. The molecule has 8 heteroatoms. The van der Waals surface area contributed by atoms with Gasteiger partial charge in [0.25, 0.3) is 0 Å². The monoisotopic (exact) mass is 381 g/mol. The number of halogens is 4. The van der Waals surface area contributed by atoms with E-state index in [2.05, 4.69) is 4.98 Å². The minimum atomic E-state index is -4.79. The van der Waals surface area contributed by atoms with Crippen LogP contribution in [0.3, 0.4) is 0 Å². The molecule has 1 aromatic heterocycles. The molecule has 0 spiro atoms. The van der Waals surface area contributed by atoms with E-state index in [1.54, 1.807) is 38.1 Å². The summed E-state index contributed by atoms with van der Waals surface area (Å²) in [4.78, 5) is 15.6. The van der Waals surface area contributed by atoms with Crippen LogP contribution in [0.4, 0.5) is 13.2 Å². The number of rotatable bonds is 4. The van der Waals surface area contributed by atoms with Crippen molar-refractivity contribution in [1.29, 1.82) is 0 Å². The van der Waals surface area contributed by atoms with Crippen LogP contribution >= 0.6 is 11.6 Å². The van der Waals surface area contributed by atoms with Gasteiger partial charge in [0.15, 0.2) is 0 Å². The van der Waals surface area contributed by atoms with Gasteiger partial charge in [0, 0.05) is 10.6 Å². The van der Waals surface area contributed by atoms with Crippen molar-refractivity contribution in [2.45, 2.75) is 26.4 Å². The van der Waals surface area contributed by atoms with Crippen LogP contribution in [0.5, 0.6) is 0 Å². The molecule has 2 aromatic rings. The van der Waals surface area contributed by atoms with Crippen LogP contribution < -0.4 is 0 Å². The normalized spacial score (nSPS) is 11.3. The molecule has 130 valence electrons. The molecule has 0 aliphatic carbocycles. The van der Waals surface area contributed by atoms with Crippen LogP contribution in [0, 0.1) is 5.92 Å². The fourth-order valence-corrected chi connectivity index (χ4v) is 2.49. The average molecular weight is 382 g/mol. The van der Waals surface area contributed by atoms with Crippen LogP contribution in [-0.2, 0) is 12.6 Å². The SMILES string of the molecule is CC(C)Cc1nc(-c2ccc(Cl)cc2)cc(C(F)(F)F)c1C(=O)O.[NaH]. The van der Waals surface area contributed by atoms with E-state index in [0.29, 0.717) is 10.6 Å². The molecule has 0 unspecified atom stereocenters. The second kappa shape index (κ2) is 8.54. The molecule has 0 aliphatic rings. The first kappa shape index (κ1) is 22.0. The Morgan fingerprint density at radius 3 is 2.24 bits per heavy atom. The van der Waals surface area contributed by atoms with Gasteiger partial charge in [-0.2, -0.15) is 13.2 Å². The number of alkyl halides is 3. The summed E-state index contributed by atoms with van der Waals surface area (Å²) in [5.74, 6) is -1.68. The van der Waals surface area contributed by atoms with Crippen molar-refractivity contribution in [1.82, 2.24) is 4.98 Å². The zero-order valence-corrected chi connectivity index (χ0v) is 13.7. The Bertz CT molecular complexity index is 762. The molecule has 1 heterocycles. The van der Waals surface area contributed by atoms with Crippen LogP contribution in [0.2, 0.25) is 5.02 Å². The molecule has 1 N–H and O–H groups in total. The predicted octanol–water partition coefficient (Wildman–Crippen LogP) is 4.67.